The van der Waals surface area contributed by atoms with Crippen LogP contribution in [0.25, 0.3) is 10.8 Å². The standard InChI is InChI=1S/C28H30O8P2/c1-3-33-27(37(29,30)35-25-11-7-5-8-12-25)23-17-15-22-20-24(18-16-21(22)19-23)28(34-4-2)38(31,32)36-26-13-9-6-10-14-26/h5-20,27-28H,3-4H2,1-2H3,(H,29,30)(H,31,32). The monoisotopic (exact) mass is 556 g/mol. The van der Waals surface area contributed by atoms with Crippen LogP contribution < -0.4 is 9.05 Å². The van der Waals surface area contributed by atoms with E-state index in [0.29, 0.717) is 11.1 Å². The van der Waals surface area contributed by atoms with Crippen LogP contribution in [-0.2, 0) is 18.6 Å². The number of rotatable bonds is 12. The zero-order valence-electron chi connectivity index (χ0n) is 21.0. The molecule has 4 aromatic carbocycles. The number of para-hydroxylation sites is 2. The summed E-state index contributed by atoms with van der Waals surface area (Å²) in [6, 6.07) is 27.2. The highest BCUT2D eigenvalue weighted by Crippen LogP contribution is 2.58. The van der Waals surface area contributed by atoms with Gasteiger partial charge < -0.3 is 28.3 Å². The Kier molecular flexibility index (Phi) is 9.06. The Morgan fingerprint density at radius 2 is 0.974 bits per heavy atom. The first-order valence-corrected chi connectivity index (χ1v) is 15.4. The summed E-state index contributed by atoms with van der Waals surface area (Å²) in [6.07, 6.45) is 0. The highest BCUT2D eigenvalue weighted by molar-refractivity contribution is 7.53. The van der Waals surface area contributed by atoms with Gasteiger partial charge in [-0.15, -0.1) is 0 Å². The van der Waals surface area contributed by atoms with E-state index in [1.807, 2.05) is 0 Å². The Labute approximate surface area is 221 Å². The molecule has 0 fully saturated rings. The number of fused-ring (bicyclic) bond motifs is 1. The van der Waals surface area contributed by atoms with Crippen LogP contribution in [0.2, 0.25) is 0 Å². The Balaban J connectivity index is 1.64. The first-order valence-electron chi connectivity index (χ1n) is 12.1. The molecule has 0 aliphatic heterocycles. The number of hydrogen-bond donors (Lipinski definition) is 2. The third kappa shape index (κ3) is 6.72. The van der Waals surface area contributed by atoms with Gasteiger partial charge in [-0.25, -0.2) is 9.13 Å². The average Bonchev–Trinajstić information content (AvgIpc) is 2.90. The van der Waals surface area contributed by atoms with E-state index in [1.165, 1.54) is 0 Å². The van der Waals surface area contributed by atoms with Crippen LogP contribution in [-0.4, -0.2) is 23.0 Å². The third-order valence-corrected chi connectivity index (χ3v) is 8.68. The predicted octanol–water partition coefficient (Wildman–Crippen LogP) is 7.44. The lowest BCUT2D eigenvalue weighted by atomic mass is 10.0. The lowest BCUT2D eigenvalue weighted by Gasteiger charge is -2.24. The molecule has 0 bridgehead atoms. The average molecular weight is 556 g/mol. The second kappa shape index (κ2) is 12.3. The molecule has 0 amide bonds. The van der Waals surface area contributed by atoms with Gasteiger partial charge in [-0.1, -0.05) is 60.7 Å². The van der Waals surface area contributed by atoms with E-state index in [2.05, 4.69) is 0 Å². The van der Waals surface area contributed by atoms with Crippen LogP contribution in [0.1, 0.15) is 36.7 Å². The van der Waals surface area contributed by atoms with Gasteiger partial charge in [-0.3, -0.25) is 0 Å². The van der Waals surface area contributed by atoms with Crippen LogP contribution in [0.5, 0.6) is 11.5 Å². The fourth-order valence-electron chi connectivity index (χ4n) is 4.02. The van der Waals surface area contributed by atoms with Gasteiger partial charge >= 0.3 is 15.2 Å². The Morgan fingerprint density at radius 3 is 1.32 bits per heavy atom. The molecule has 4 rings (SSSR count). The van der Waals surface area contributed by atoms with Crippen molar-refractivity contribution in [1.29, 1.82) is 0 Å². The molecule has 4 unspecified atom stereocenters. The lowest BCUT2D eigenvalue weighted by molar-refractivity contribution is 0.0977. The van der Waals surface area contributed by atoms with Crippen LogP contribution >= 0.6 is 15.2 Å². The molecule has 0 saturated heterocycles. The molecule has 0 spiro atoms. The molecular weight excluding hydrogens is 526 g/mol. The van der Waals surface area contributed by atoms with Crippen LogP contribution in [0.3, 0.4) is 0 Å². The van der Waals surface area contributed by atoms with E-state index in [9.17, 15) is 18.9 Å². The van der Waals surface area contributed by atoms with Crippen molar-refractivity contribution in [2.45, 2.75) is 25.5 Å². The fraction of sp³-hybridized carbons (Fsp3) is 0.214. The van der Waals surface area contributed by atoms with Gasteiger partial charge in [0.25, 0.3) is 0 Å². The first-order chi connectivity index (χ1) is 18.2. The normalized spacial score (nSPS) is 16.2. The fourth-order valence-corrected chi connectivity index (χ4v) is 6.81. The summed E-state index contributed by atoms with van der Waals surface area (Å²) in [5, 5.41) is 1.48. The topological polar surface area (TPSA) is 112 Å². The predicted molar refractivity (Wildman–Crippen MR) is 146 cm³/mol. The maximum atomic E-state index is 13.2. The maximum absolute atomic E-state index is 13.2. The molecule has 0 aromatic heterocycles. The third-order valence-electron chi connectivity index (χ3n) is 5.66. The summed E-state index contributed by atoms with van der Waals surface area (Å²) in [5.74, 6) is -1.88. The van der Waals surface area contributed by atoms with E-state index in [0.717, 1.165) is 10.8 Å². The second-order valence-electron chi connectivity index (χ2n) is 8.42. The highest BCUT2D eigenvalue weighted by Gasteiger charge is 2.38. The first kappa shape index (κ1) is 28.1. The molecular formula is C28H30O8P2. The molecule has 200 valence electrons. The molecule has 4 atom stereocenters. The minimum Gasteiger partial charge on any atom is -0.423 e. The van der Waals surface area contributed by atoms with Crippen molar-refractivity contribution in [3.05, 3.63) is 108 Å². The van der Waals surface area contributed by atoms with Crippen molar-refractivity contribution < 1.29 is 37.4 Å². The van der Waals surface area contributed by atoms with E-state index in [1.54, 1.807) is 111 Å². The molecule has 0 heterocycles. The summed E-state index contributed by atoms with van der Waals surface area (Å²) >= 11 is 0. The summed E-state index contributed by atoms with van der Waals surface area (Å²) < 4.78 is 48.6. The van der Waals surface area contributed by atoms with E-state index < -0.39 is 26.9 Å². The van der Waals surface area contributed by atoms with Gasteiger partial charge in [-0.2, -0.15) is 0 Å². The molecule has 2 N–H and O–H groups in total. The quantitative estimate of drug-likeness (QED) is 0.173. The Bertz CT molecular complexity index is 1330. The number of ether oxygens (including phenoxy) is 2. The van der Waals surface area contributed by atoms with Crippen molar-refractivity contribution in [3.8, 4) is 11.5 Å². The molecule has 10 heteroatoms. The molecule has 38 heavy (non-hydrogen) atoms. The van der Waals surface area contributed by atoms with Crippen LogP contribution in [0, 0.1) is 0 Å². The van der Waals surface area contributed by atoms with Crippen LogP contribution in [0.4, 0.5) is 0 Å². The van der Waals surface area contributed by atoms with Crippen LogP contribution in [0.15, 0.2) is 97.1 Å². The minimum atomic E-state index is -4.26. The SMILES string of the molecule is CCOC(c1ccc2cc(C(OCC)P(=O)(O)Oc3ccccc3)ccc2c1)P(=O)(O)Oc1ccccc1. The zero-order valence-corrected chi connectivity index (χ0v) is 22.8. The molecule has 0 saturated carbocycles. The smallest absolute Gasteiger partial charge is 0.409 e. The van der Waals surface area contributed by atoms with Crippen molar-refractivity contribution in [1.82, 2.24) is 0 Å². The molecule has 8 nitrogen and oxygen atoms in total. The molecule has 0 radical (unpaired) electrons. The summed E-state index contributed by atoms with van der Waals surface area (Å²) in [4.78, 5) is 21.6. The Morgan fingerprint density at radius 1 is 0.605 bits per heavy atom. The minimum absolute atomic E-state index is 0.202. The lowest BCUT2D eigenvalue weighted by Crippen LogP contribution is -2.10. The van der Waals surface area contributed by atoms with Gasteiger partial charge in [0.1, 0.15) is 11.5 Å². The summed E-state index contributed by atoms with van der Waals surface area (Å²) in [7, 11) is -8.52. The number of hydrogen-bond acceptors (Lipinski definition) is 6. The molecule has 0 aliphatic carbocycles. The zero-order chi connectivity index (χ0) is 27.2. The largest absolute Gasteiger partial charge is 0.423 e. The molecule has 0 aliphatic rings. The van der Waals surface area contributed by atoms with Crippen molar-refractivity contribution in [2.24, 2.45) is 0 Å². The Hall–Kier alpha value is -2.96. The number of benzene rings is 4. The van der Waals surface area contributed by atoms with Gasteiger partial charge in [0.15, 0.2) is 11.7 Å². The van der Waals surface area contributed by atoms with Gasteiger partial charge in [-0.05, 0) is 72.1 Å². The van der Waals surface area contributed by atoms with E-state index in [4.69, 9.17) is 18.5 Å². The van der Waals surface area contributed by atoms with Gasteiger partial charge in [0.2, 0.25) is 0 Å². The maximum Gasteiger partial charge on any atom is 0.409 e. The summed E-state index contributed by atoms with van der Waals surface area (Å²) in [5.41, 5.74) is 0.936. The second-order valence-corrected chi connectivity index (χ2v) is 12.0. The van der Waals surface area contributed by atoms with Crippen molar-refractivity contribution in [3.63, 3.8) is 0 Å². The summed E-state index contributed by atoms with van der Waals surface area (Å²) in [6.45, 7) is 3.88. The molecule has 4 aromatic rings. The van der Waals surface area contributed by atoms with Crippen molar-refractivity contribution in [2.75, 3.05) is 13.2 Å². The highest BCUT2D eigenvalue weighted by atomic mass is 31.2. The van der Waals surface area contributed by atoms with Crippen molar-refractivity contribution >= 4 is 26.0 Å². The van der Waals surface area contributed by atoms with E-state index in [-0.39, 0.29) is 24.7 Å². The van der Waals surface area contributed by atoms with E-state index >= 15 is 0 Å². The van der Waals surface area contributed by atoms with Gasteiger partial charge in [0, 0.05) is 13.2 Å². The van der Waals surface area contributed by atoms with Gasteiger partial charge in [0.05, 0.1) is 0 Å².